The van der Waals surface area contributed by atoms with Crippen LogP contribution >= 0.6 is 0 Å². The fourth-order valence-corrected chi connectivity index (χ4v) is 1.35. The number of benzene rings is 1. The SMILES string of the molecule is N#CC(F)(F)Cc1ccc2c(c1)OCO2. The lowest BCUT2D eigenvalue weighted by Gasteiger charge is -2.07. The second kappa shape index (κ2) is 3.39. The average molecular weight is 211 g/mol. The molecule has 0 radical (unpaired) electrons. The fraction of sp³-hybridized carbons (Fsp3) is 0.300. The third-order valence-corrected chi connectivity index (χ3v) is 2.03. The van der Waals surface area contributed by atoms with Gasteiger partial charge in [-0.25, -0.2) is 0 Å². The van der Waals surface area contributed by atoms with Gasteiger partial charge >= 0.3 is 5.92 Å². The predicted molar refractivity (Wildman–Crippen MR) is 46.8 cm³/mol. The van der Waals surface area contributed by atoms with Crippen LogP contribution in [0, 0.1) is 11.3 Å². The molecule has 0 aromatic heterocycles. The van der Waals surface area contributed by atoms with Crippen molar-refractivity contribution in [2.45, 2.75) is 12.3 Å². The first-order valence-corrected chi connectivity index (χ1v) is 4.28. The third-order valence-electron chi connectivity index (χ3n) is 2.03. The molecule has 5 heteroatoms. The maximum atomic E-state index is 12.8. The molecule has 0 amide bonds. The van der Waals surface area contributed by atoms with Crippen molar-refractivity contribution in [3.8, 4) is 17.6 Å². The van der Waals surface area contributed by atoms with E-state index >= 15 is 0 Å². The lowest BCUT2D eigenvalue weighted by atomic mass is 10.1. The van der Waals surface area contributed by atoms with Crippen LogP contribution in [0.2, 0.25) is 0 Å². The number of nitriles is 1. The molecule has 78 valence electrons. The van der Waals surface area contributed by atoms with Crippen LogP contribution in [0.15, 0.2) is 18.2 Å². The van der Waals surface area contributed by atoms with E-state index in [0.29, 0.717) is 17.1 Å². The maximum Gasteiger partial charge on any atom is 0.335 e. The zero-order valence-corrected chi connectivity index (χ0v) is 7.67. The van der Waals surface area contributed by atoms with E-state index in [2.05, 4.69) is 0 Å². The van der Waals surface area contributed by atoms with E-state index < -0.39 is 12.3 Å². The number of rotatable bonds is 2. The number of ether oxygens (including phenoxy) is 2. The van der Waals surface area contributed by atoms with E-state index in [1.165, 1.54) is 12.1 Å². The molecule has 1 aromatic carbocycles. The summed E-state index contributed by atoms with van der Waals surface area (Å²) in [6.45, 7) is 0.105. The second-order valence-corrected chi connectivity index (χ2v) is 3.18. The van der Waals surface area contributed by atoms with Crippen molar-refractivity contribution in [3.63, 3.8) is 0 Å². The van der Waals surface area contributed by atoms with Gasteiger partial charge in [0.15, 0.2) is 11.5 Å². The smallest absolute Gasteiger partial charge is 0.335 e. The highest BCUT2D eigenvalue weighted by molar-refractivity contribution is 5.44. The van der Waals surface area contributed by atoms with E-state index in [0.717, 1.165) is 6.07 Å². The van der Waals surface area contributed by atoms with Gasteiger partial charge in [-0.3, -0.25) is 0 Å². The minimum atomic E-state index is -3.34. The molecule has 0 unspecified atom stereocenters. The zero-order chi connectivity index (χ0) is 10.9. The standard InChI is InChI=1S/C10H7F2NO2/c11-10(12,5-13)4-7-1-2-8-9(3-7)15-6-14-8/h1-3H,4,6H2. The molecule has 1 heterocycles. The minimum Gasteiger partial charge on any atom is -0.454 e. The average Bonchev–Trinajstić information content (AvgIpc) is 2.64. The van der Waals surface area contributed by atoms with E-state index in [4.69, 9.17) is 14.7 Å². The molecule has 0 bridgehead atoms. The molecule has 1 aliphatic heterocycles. The number of fused-ring (bicyclic) bond motifs is 1. The summed E-state index contributed by atoms with van der Waals surface area (Å²) in [6, 6.07) is 5.48. The first kappa shape index (κ1) is 9.71. The lowest BCUT2D eigenvalue weighted by molar-refractivity contribution is 0.0645. The summed E-state index contributed by atoms with van der Waals surface area (Å²) in [7, 11) is 0. The Bertz CT molecular complexity index is 426. The Kier molecular flexibility index (Phi) is 2.19. The normalized spacial score (nSPS) is 13.7. The van der Waals surface area contributed by atoms with Gasteiger partial charge in [-0.05, 0) is 17.7 Å². The van der Waals surface area contributed by atoms with Crippen molar-refractivity contribution in [1.29, 1.82) is 5.26 Å². The van der Waals surface area contributed by atoms with Gasteiger partial charge in [-0.2, -0.15) is 14.0 Å². The summed E-state index contributed by atoms with van der Waals surface area (Å²) in [5, 5.41) is 8.19. The van der Waals surface area contributed by atoms with E-state index in [9.17, 15) is 8.78 Å². The maximum absolute atomic E-state index is 12.8. The topological polar surface area (TPSA) is 42.2 Å². The van der Waals surface area contributed by atoms with Crippen molar-refractivity contribution in [3.05, 3.63) is 23.8 Å². The van der Waals surface area contributed by atoms with Gasteiger partial charge in [0.25, 0.3) is 0 Å². The zero-order valence-electron chi connectivity index (χ0n) is 7.67. The summed E-state index contributed by atoms with van der Waals surface area (Å²) in [4.78, 5) is 0. The van der Waals surface area contributed by atoms with Crippen LogP contribution in [0.25, 0.3) is 0 Å². The number of nitrogens with zero attached hydrogens (tertiary/aromatic N) is 1. The van der Waals surface area contributed by atoms with Gasteiger partial charge < -0.3 is 9.47 Å². The molecular weight excluding hydrogens is 204 g/mol. The molecule has 1 aromatic rings. The van der Waals surface area contributed by atoms with Crippen LogP contribution in [0.3, 0.4) is 0 Å². The Morgan fingerprint density at radius 3 is 2.80 bits per heavy atom. The van der Waals surface area contributed by atoms with Crippen LogP contribution in [-0.2, 0) is 6.42 Å². The van der Waals surface area contributed by atoms with Gasteiger partial charge in [-0.1, -0.05) is 6.07 Å². The molecule has 0 saturated heterocycles. The van der Waals surface area contributed by atoms with Crippen molar-refractivity contribution in [1.82, 2.24) is 0 Å². The summed E-state index contributed by atoms with van der Waals surface area (Å²) >= 11 is 0. The van der Waals surface area contributed by atoms with Crippen molar-refractivity contribution in [2.75, 3.05) is 6.79 Å². The number of alkyl halides is 2. The largest absolute Gasteiger partial charge is 0.454 e. The van der Waals surface area contributed by atoms with E-state index in [1.807, 2.05) is 0 Å². The molecule has 0 fully saturated rings. The quantitative estimate of drug-likeness (QED) is 0.752. The summed E-state index contributed by atoms with van der Waals surface area (Å²) < 4.78 is 35.6. The first-order valence-electron chi connectivity index (χ1n) is 4.28. The molecule has 0 saturated carbocycles. The highest BCUT2D eigenvalue weighted by Crippen LogP contribution is 2.33. The Morgan fingerprint density at radius 1 is 1.33 bits per heavy atom. The molecule has 3 nitrogen and oxygen atoms in total. The monoisotopic (exact) mass is 211 g/mol. The van der Waals surface area contributed by atoms with E-state index in [1.54, 1.807) is 6.07 Å². The Hall–Kier alpha value is -1.83. The predicted octanol–water partition coefficient (Wildman–Crippen LogP) is 2.12. The molecule has 2 rings (SSSR count). The van der Waals surface area contributed by atoms with Gasteiger partial charge in [-0.15, -0.1) is 0 Å². The van der Waals surface area contributed by atoms with Crippen LogP contribution in [0.4, 0.5) is 8.78 Å². The van der Waals surface area contributed by atoms with Gasteiger partial charge in [0, 0.05) is 0 Å². The van der Waals surface area contributed by atoms with Crippen LogP contribution in [0.5, 0.6) is 11.5 Å². The van der Waals surface area contributed by atoms with Crippen LogP contribution in [-0.4, -0.2) is 12.7 Å². The molecule has 0 atom stereocenters. The van der Waals surface area contributed by atoms with Crippen molar-refractivity contribution >= 4 is 0 Å². The Balaban J connectivity index is 2.21. The number of halogens is 2. The van der Waals surface area contributed by atoms with Gasteiger partial charge in [0.2, 0.25) is 6.79 Å². The van der Waals surface area contributed by atoms with Gasteiger partial charge in [0.1, 0.15) is 6.07 Å². The van der Waals surface area contributed by atoms with E-state index in [-0.39, 0.29) is 6.79 Å². The fourth-order valence-electron chi connectivity index (χ4n) is 1.35. The highest BCUT2D eigenvalue weighted by atomic mass is 19.3. The van der Waals surface area contributed by atoms with Gasteiger partial charge in [0.05, 0.1) is 6.42 Å². The molecule has 0 aliphatic carbocycles. The minimum absolute atomic E-state index is 0.105. The van der Waals surface area contributed by atoms with Crippen molar-refractivity contribution < 1.29 is 18.3 Å². The summed E-state index contributed by atoms with van der Waals surface area (Å²) in [6.07, 6.45) is -0.611. The third kappa shape index (κ3) is 1.99. The summed E-state index contributed by atoms with van der Waals surface area (Å²) in [5.41, 5.74) is 0.353. The number of hydrogen-bond acceptors (Lipinski definition) is 3. The number of hydrogen-bond donors (Lipinski definition) is 0. The molecule has 1 aliphatic rings. The molecular formula is C10H7F2NO2. The van der Waals surface area contributed by atoms with Crippen LogP contribution in [0.1, 0.15) is 5.56 Å². The molecule has 0 N–H and O–H groups in total. The Labute approximate surface area is 84.8 Å². The van der Waals surface area contributed by atoms with Crippen molar-refractivity contribution in [2.24, 2.45) is 0 Å². The Morgan fingerprint density at radius 2 is 2.07 bits per heavy atom. The highest BCUT2D eigenvalue weighted by Gasteiger charge is 2.29. The first-order chi connectivity index (χ1) is 7.11. The lowest BCUT2D eigenvalue weighted by Crippen LogP contribution is -2.16. The van der Waals surface area contributed by atoms with Crippen LogP contribution < -0.4 is 9.47 Å². The molecule has 0 spiro atoms. The molecule has 15 heavy (non-hydrogen) atoms. The second-order valence-electron chi connectivity index (χ2n) is 3.18. The summed E-state index contributed by atoms with van der Waals surface area (Å²) in [5.74, 6) is -2.35.